The van der Waals surface area contributed by atoms with Crippen LogP contribution in [-0.4, -0.2) is 28.4 Å². The van der Waals surface area contributed by atoms with Gasteiger partial charge in [0, 0.05) is 11.1 Å². The minimum absolute atomic E-state index is 0.316. The van der Waals surface area contributed by atoms with E-state index >= 15 is 0 Å². The molecule has 1 heterocycles. The number of rotatable bonds is 7. The quantitative estimate of drug-likeness (QED) is 0.605. The number of aryl methyl sites for hydroxylation is 1. The van der Waals surface area contributed by atoms with Crippen molar-refractivity contribution in [1.29, 1.82) is 5.26 Å². The van der Waals surface area contributed by atoms with E-state index in [4.69, 9.17) is 4.74 Å². The molecule has 0 aliphatic carbocycles. The molecule has 0 spiro atoms. The molecule has 0 aliphatic rings. The highest BCUT2D eigenvalue weighted by Crippen LogP contribution is 2.31. The third-order valence-electron chi connectivity index (χ3n) is 4.36. The lowest BCUT2D eigenvalue weighted by Crippen LogP contribution is -2.39. The summed E-state index contributed by atoms with van der Waals surface area (Å²) in [5.74, 6) is -2.71. The fourth-order valence-electron chi connectivity index (χ4n) is 2.86. The van der Waals surface area contributed by atoms with Crippen molar-refractivity contribution in [2.24, 2.45) is 0 Å². The third-order valence-corrected chi connectivity index (χ3v) is 5.39. The summed E-state index contributed by atoms with van der Waals surface area (Å²) in [7, 11) is 0. The number of Topliss-reactive ketones (excluding diaryl/α,β-unsaturated/α-hetero) is 1. The van der Waals surface area contributed by atoms with Gasteiger partial charge in [0.25, 0.3) is 0 Å². The molecule has 29 heavy (non-hydrogen) atoms. The van der Waals surface area contributed by atoms with Crippen molar-refractivity contribution in [3.8, 4) is 6.07 Å². The molecular weight excluding hydrogens is 388 g/mol. The van der Waals surface area contributed by atoms with Crippen LogP contribution in [0.1, 0.15) is 27.7 Å². The summed E-state index contributed by atoms with van der Waals surface area (Å²) in [6, 6.07) is 18.6. The summed E-state index contributed by atoms with van der Waals surface area (Å²) in [6.45, 7) is 1.12. The van der Waals surface area contributed by atoms with Gasteiger partial charge in [0.1, 0.15) is 5.01 Å². The van der Waals surface area contributed by atoms with Gasteiger partial charge < -0.3 is 9.84 Å². The van der Waals surface area contributed by atoms with Gasteiger partial charge in [-0.3, -0.25) is 4.79 Å². The number of ether oxygens (including phenoxy) is 1. The number of hydrogen-bond acceptors (Lipinski definition) is 7. The second-order valence-corrected chi connectivity index (χ2v) is 7.26. The monoisotopic (exact) mass is 406 g/mol. The molecule has 0 amide bonds. The fraction of sp³-hybridized carbons (Fsp3) is 0.182. The van der Waals surface area contributed by atoms with E-state index in [9.17, 15) is 20.0 Å². The maximum absolute atomic E-state index is 12.9. The highest BCUT2D eigenvalue weighted by molar-refractivity contribution is 7.09. The molecule has 0 unspecified atom stereocenters. The van der Waals surface area contributed by atoms with Gasteiger partial charge in [0.05, 0.1) is 6.07 Å². The smallest absolute Gasteiger partial charge is 0.348 e. The minimum Gasteiger partial charge on any atom is -0.455 e. The topological polar surface area (TPSA) is 100 Å². The number of nitriles is 1. The lowest BCUT2D eigenvalue weighted by molar-refractivity contribution is -0.164. The minimum atomic E-state index is -2.08. The molecule has 0 radical (unpaired) electrons. The van der Waals surface area contributed by atoms with E-state index < -0.39 is 29.9 Å². The largest absolute Gasteiger partial charge is 0.455 e. The number of carbonyl (C=O) groups is 2. The molecule has 0 saturated heterocycles. The molecule has 0 bridgehead atoms. The normalized spacial score (nSPS) is 12.0. The SMILES string of the molecule is Cc1csc([C@H](C#N)C(=O)COC(=O)C(O)(c2ccccc2)c2ccccc2)n1. The molecule has 1 atom stereocenters. The number of aliphatic hydroxyl groups is 1. The Hall–Kier alpha value is -3.34. The van der Waals surface area contributed by atoms with Gasteiger partial charge in [0.15, 0.2) is 18.3 Å². The number of esters is 1. The maximum Gasteiger partial charge on any atom is 0.348 e. The molecule has 3 aromatic rings. The molecular formula is C22H18N2O4S. The molecule has 7 heteroatoms. The summed E-state index contributed by atoms with van der Waals surface area (Å²) >= 11 is 1.20. The van der Waals surface area contributed by atoms with E-state index in [1.807, 2.05) is 6.07 Å². The Balaban J connectivity index is 1.83. The predicted molar refractivity (Wildman–Crippen MR) is 107 cm³/mol. The predicted octanol–water partition coefficient (Wildman–Crippen LogP) is 3.11. The van der Waals surface area contributed by atoms with Gasteiger partial charge in [-0.15, -0.1) is 11.3 Å². The van der Waals surface area contributed by atoms with Crippen molar-refractivity contribution in [3.63, 3.8) is 0 Å². The highest BCUT2D eigenvalue weighted by atomic mass is 32.1. The van der Waals surface area contributed by atoms with Crippen molar-refractivity contribution in [2.45, 2.75) is 18.4 Å². The Labute approximate surface area is 172 Å². The number of benzene rings is 2. The Bertz CT molecular complexity index is 1000. The average Bonchev–Trinajstić information content (AvgIpc) is 3.19. The van der Waals surface area contributed by atoms with E-state index in [0.717, 1.165) is 0 Å². The maximum atomic E-state index is 12.9. The van der Waals surface area contributed by atoms with E-state index in [2.05, 4.69) is 4.98 Å². The zero-order chi connectivity index (χ0) is 20.9. The number of thiazole rings is 1. The number of nitrogens with zero attached hydrogens (tertiary/aromatic N) is 2. The Kier molecular flexibility index (Phi) is 6.17. The molecule has 0 fully saturated rings. The molecule has 146 valence electrons. The van der Waals surface area contributed by atoms with Crippen molar-refractivity contribution in [3.05, 3.63) is 87.9 Å². The second-order valence-electron chi connectivity index (χ2n) is 6.37. The lowest BCUT2D eigenvalue weighted by atomic mass is 9.86. The van der Waals surface area contributed by atoms with Crippen LogP contribution in [0.25, 0.3) is 0 Å². The van der Waals surface area contributed by atoms with E-state index in [1.54, 1.807) is 73.0 Å². The van der Waals surface area contributed by atoms with Crippen LogP contribution in [0, 0.1) is 18.3 Å². The summed E-state index contributed by atoms with van der Waals surface area (Å²) in [5.41, 5.74) is -0.743. The molecule has 2 aromatic carbocycles. The number of ketones is 1. The first-order chi connectivity index (χ1) is 14.0. The number of aromatic nitrogens is 1. The van der Waals surface area contributed by atoms with Gasteiger partial charge >= 0.3 is 5.97 Å². The van der Waals surface area contributed by atoms with Gasteiger partial charge in [-0.05, 0) is 18.1 Å². The third kappa shape index (κ3) is 4.24. The summed E-state index contributed by atoms with van der Waals surface area (Å²) in [5, 5.41) is 22.7. The molecule has 3 rings (SSSR count). The lowest BCUT2D eigenvalue weighted by Gasteiger charge is -2.27. The Morgan fingerprint density at radius 1 is 1.14 bits per heavy atom. The van der Waals surface area contributed by atoms with Crippen LogP contribution in [0.15, 0.2) is 66.0 Å². The average molecular weight is 406 g/mol. The summed E-state index contributed by atoms with van der Waals surface area (Å²) < 4.78 is 5.18. The molecule has 0 aliphatic heterocycles. The zero-order valence-corrected chi connectivity index (χ0v) is 16.4. The van der Waals surface area contributed by atoms with Crippen LogP contribution in [0.2, 0.25) is 0 Å². The first kappa shape index (κ1) is 20.4. The highest BCUT2D eigenvalue weighted by Gasteiger charge is 2.42. The Morgan fingerprint density at radius 2 is 1.69 bits per heavy atom. The molecule has 6 nitrogen and oxygen atoms in total. The van der Waals surface area contributed by atoms with Gasteiger partial charge in [-0.2, -0.15) is 5.26 Å². The van der Waals surface area contributed by atoms with Crippen LogP contribution in [0.3, 0.4) is 0 Å². The zero-order valence-electron chi connectivity index (χ0n) is 15.6. The molecule has 1 N–H and O–H groups in total. The first-order valence-electron chi connectivity index (χ1n) is 8.81. The van der Waals surface area contributed by atoms with Gasteiger partial charge in [-0.1, -0.05) is 60.7 Å². The summed E-state index contributed by atoms with van der Waals surface area (Å²) in [4.78, 5) is 29.5. The second kappa shape index (κ2) is 8.78. The summed E-state index contributed by atoms with van der Waals surface area (Å²) in [6.07, 6.45) is 0. The van der Waals surface area contributed by atoms with Crippen LogP contribution in [0.4, 0.5) is 0 Å². The molecule has 0 saturated carbocycles. The van der Waals surface area contributed by atoms with Crippen LogP contribution in [-0.2, 0) is 19.9 Å². The Morgan fingerprint density at radius 3 is 2.14 bits per heavy atom. The van der Waals surface area contributed by atoms with Crippen molar-refractivity contribution in [1.82, 2.24) is 4.98 Å². The molecule has 1 aromatic heterocycles. The fourth-order valence-corrected chi connectivity index (χ4v) is 3.72. The van der Waals surface area contributed by atoms with Crippen molar-refractivity contribution in [2.75, 3.05) is 6.61 Å². The standard InChI is InChI=1S/C22H18N2O4S/c1-15-14-29-20(24-15)18(12-23)19(25)13-28-21(26)22(27,16-8-4-2-5-9-16)17-10-6-3-7-11-17/h2-11,14,18,27H,13H2,1H3/t18-/m1/s1. The van der Waals surface area contributed by atoms with Crippen molar-refractivity contribution >= 4 is 23.1 Å². The number of carbonyl (C=O) groups excluding carboxylic acids is 2. The number of hydrogen-bond donors (Lipinski definition) is 1. The van der Waals surface area contributed by atoms with E-state index in [0.29, 0.717) is 21.8 Å². The van der Waals surface area contributed by atoms with Crippen LogP contribution < -0.4 is 0 Å². The van der Waals surface area contributed by atoms with E-state index in [1.165, 1.54) is 11.3 Å². The van der Waals surface area contributed by atoms with Crippen LogP contribution in [0.5, 0.6) is 0 Å². The van der Waals surface area contributed by atoms with Crippen LogP contribution >= 0.6 is 11.3 Å². The van der Waals surface area contributed by atoms with Gasteiger partial charge in [0.2, 0.25) is 5.60 Å². The first-order valence-corrected chi connectivity index (χ1v) is 9.69. The van der Waals surface area contributed by atoms with Crippen molar-refractivity contribution < 1.29 is 19.4 Å². The van der Waals surface area contributed by atoms with E-state index in [-0.39, 0.29) is 0 Å². The van der Waals surface area contributed by atoms with Gasteiger partial charge in [-0.25, -0.2) is 9.78 Å².